The Kier molecular flexibility index (Phi) is 6.32. The van der Waals surface area contributed by atoms with Crippen molar-refractivity contribution in [3.63, 3.8) is 0 Å². The minimum absolute atomic E-state index is 0.735. The topological polar surface area (TPSA) is 63.7 Å². The maximum absolute atomic E-state index is 5.16. The quantitative estimate of drug-likeness (QED) is 0.828. The molecule has 0 radical (unpaired) electrons. The zero-order valence-corrected chi connectivity index (χ0v) is 18.1. The van der Waals surface area contributed by atoms with E-state index in [2.05, 4.69) is 67.7 Å². The van der Waals surface area contributed by atoms with Crippen molar-refractivity contribution in [3.8, 4) is 0 Å². The summed E-state index contributed by atoms with van der Waals surface area (Å²) in [6.45, 7) is 10.4. The Balaban J connectivity index is 1.65. The number of pyridine rings is 1. The number of nitrogens with zero attached hydrogens (tertiary/aromatic N) is 7. The van der Waals surface area contributed by atoms with E-state index in [1.807, 2.05) is 6.07 Å². The molecule has 0 aromatic carbocycles. The lowest BCUT2D eigenvalue weighted by Gasteiger charge is -2.34. The van der Waals surface area contributed by atoms with E-state index in [0.29, 0.717) is 0 Å². The van der Waals surface area contributed by atoms with Gasteiger partial charge < -0.3 is 24.9 Å². The third-order valence-corrected chi connectivity index (χ3v) is 5.86. The zero-order valence-electron chi connectivity index (χ0n) is 18.1. The van der Waals surface area contributed by atoms with E-state index in [4.69, 9.17) is 4.98 Å². The molecule has 4 rings (SSSR count). The first kappa shape index (κ1) is 20.4. The Morgan fingerprint density at radius 2 is 1.83 bits per heavy atom. The molecule has 0 bridgehead atoms. The first-order valence-electron chi connectivity index (χ1n) is 10.8. The number of nitrogens with one attached hydrogen (secondary N) is 1. The van der Waals surface area contributed by atoms with Gasteiger partial charge in [-0.15, -0.1) is 0 Å². The summed E-state index contributed by atoms with van der Waals surface area (Å²) in [6, 6.07) is 6.23. The second-order valence-corrected chi connectivity index (χ2v) is 8.10. The summed E-state index contributed by atoms with van der Waals surface area (Å²) in [6.07, 6.45) is 6.63. The number of hydrogen-bond donors (Lipinski definition) is 1. The van der Waals surface area contributed by atoms with Gasteiger partial charge in [-0.25, -0.2) is 15.0 Å². The molecular weight excluding hydrogens is 376 g/mol. The van der Waals surface area contributed by atoms with Gasteiger partial charge in [0.2, 0.25) is 0 Å². The lowest BCUT2D eigenvalue weighted by Crippen LogP contribution is -2.35. The summed E-state index contributed by atoms with van der Waals surface area (Å²) < 4.78 is 0. The highest BCUT2D eigenvalue weighted by atomic mass is 15.3. The van der Waals surface area contributed by atoms with E-state index in [-0.39, 0.29) is 0 Å². The number of aromatic nitrogens is 3. The van der Waals surface area contributed by atoms with Crippen molar-refractivity contribution < 1.29 is 0 Å². The van der Waals surface area contributed by atoms with Gasteiger partial charge in [0.25, 0.3) is 0 Å². The van der Waals surface area contributed by atoms with Crippen LogP contribution in [0.15, 0.2) is 43.1 Å². The molecule has 2 aliphatic heterocycles. The molecule has 8 heteroatoms. The lowest BCUT2D eigenvalue weighted by atomic mass is 10.2. The Hall–Kier alpha value is -2.87. The molecule has 2 aliphatic rings. The van der Waals surface area contributed by atoms with Crippen molar-refractivity contribution in [2.75, 3.05) is 73.4 Å². The molecule has 0 atom stereocenters. The average molecular weight is 409 g/mol. The van der Waals surface area contributed by atoms with Gasteiger partial charge in [0.15, 0.2) is 5.82 Å². The van der Waals surface area contributed by atoms with Gasteiger partial charge in [0, 0.05) is 46.0 Å². The minimum atomic E-state index is 0.735. The molecule has 0 amide bonds. The molecule has 0 spiro atoms. The molecule has 4 heterocycles. The summed E-state index contributed by atoms with van der Waals surface area (Å²) in [5, 5.41) is 3.33. The number of rotatable bonds is 4. The van der Waals surface area contributed by atoms with Crippen molar-refractivity contribution in [2.45, 2.75) is 19.3 Å². The molecule has 2 aromatic rings. The van der Waals surface area contributed by atoms with Crippen molar-refractivity contribution >= 4 is 23.1 Å². The van der Waals surface area contributed by atoms with Gasteiger partial charge in [-0.2, -0.15) is 0 Å². The van der Waals surface area contributed by atoms with E-state index in [9.17, 15) is 0 Å². The summed E-state index contributed by atoms with van der Waals surface area (Å²) in [5.74, 6) is 3.51. The standard InChI is InChI=1S/C22H32N8/c1-18(25-20-9-10-23-17-24-20)30-14-5-4-12-28(3)19-7-8-21(26-22(19)30)29-13-6-11-27(2)15-16-29/h7-10,17H,1,4-6,11-16H2,2-3H3,(H,23,24,25). The SMILES string of the molecule is C=C(Nc1ccncn1)N1CCCCN(C)c2ccc(N3CCCN(C)CC3)nc21. The van der Waals surface area contributed by atoms with Crippen molar-refractivity contribution in [1.82, 2.24) is 19.9 Å². The third kappa shape index (κ3) is 4.64. The summed E-state index contributed by atoms with van der Waals surface area (Å²) in [5.41, 5.74) is 1.14. The molecule has 30 heavy (non-hydrogen) atoms. The normalized spacial score (nSPS) is 18.3. The largest absolute Gasteiger partial charge is 0.372 e. The van der Waals surface area contributed by atoms with E-state index in [1.54, 1.807) is 6.20 Å². The first-order valence-corrected chi connectivity index (χ1v) is 10.8. The van der Waals surface area contributed by atoms with E-state index < -0.39 is 0 Å². The van der Waals surface area contributed by atoms with Gasteiger partial charge in [-0.3, -0.25) is 0 Å². The number of fused-ring (bicyclic) bond motifs is 1. The Labute approximate surface area is 179 Å². The van der Waals surface area contributed by atoms with Crippen molar-refractivity contribution in [1.29, 1.82) is 0 Å². The van der Waals surface area contributed by atoms with Crippen LogP contribution in [0.2, 0.25) is 0 Å². The molecule has 0 unspecified atom stereocenters. The molecule has 0 saturated carbocycles. The highest BCUT2D eigenvalue weighted by molar-refractivity contribution is 5.73. The molecule has 1 saturated heterocycles. The minimum Gasteiger partial charge on any atom is -0.372 e. The van der Waals surface area contributed by atoms with Gasteiger partial charge in [0.05, 0.1) is 5.69 Å². The molecule has 160 valence electrons. The van der Waals surface area contributed by atoms with Crippen LogP contribution in [0.25, 0.3) is 0 Å². The van der Waals surface area contributed by atoms with E-state index in [0.717, 1.165) is 87.5 Å². The van der Waals surface area contributed by atoms with Crippen LogP contribution >= 0.6 is 0 Å². The van der Waals surface area contributed by atoms with Crippen molar-refractivity contribution in [2.24, 2.45) is 0 Å². The lowest BCUT2D eigenvalue weighted by molar-refractivity contribution is 0.360. The van der Waals surface area contributed by atoms with Crippen LogP contribution in [-0.4, -0.2) is 73.2 Å². The second-order valence-electron chi connectivity index (χ2n) is 8.10. The molecule has 1 N–H and O–H groups in total. The molecule has 2 aromatic heterocycles. The van der Waals surface area contributed by atoms with Gasteiger partial charge in [0.1, 0.15) is 23.8 Å². The molecule has 1 fully saturated rings. The van der Waals surface area contributed by atoms with Crippen LogP contribution in [0, 0.1) is 0 Å². The number of hydrogen-bond acceptors (Lipinski definition) is 8. The van der Waals surface area contributed by atoms with Gasteiger partial charge in [-0.1, -0.05) is 6.58 Å². The monoisotopic (exact) mass is 408 g/mol. The van der Waals surface area contributed by atoms with Crippen LogP contribution < -0.4 is 20.0 Å². The zero-order chi connectivity index (χ0) is 20.9. The number of anilines is 4. The highest BCUT2D eigenvalue weighted by Gasteiger charge is 2.23. The summed E-state index contributed by atoms with van der Waals surface area (Å²) >= 11 is 0. The average Bonchev–Trinajstić information content (AvgIpc) is 2.97. The van der Waals surface area contributed by atoms with Crippen LogP contribution in [0.1, 0.15) is 19.3 Å². The summed E-state index contributed by atoms with van der Waals surface area (Å²) in [4.78, 5) is 22.7. The Bertz CT molecular complexity index is 855. The maximum atomic E-state index is 5.16. The highest BCUT2D eigenvalue weighted by Crippen LogP contribution is 2.33. The summed E-state index contributed by atoms with van der Waals surface area (Å²) in [7, 11) is 4.34. The van der Waals surface area contributed by atoms with E-state index >= 15 is 0 Å². The third-order valence-electron chi connectivity index (χ3n) is 5.86. The van der Waals surface area contributed by atoms with Crippen LogP contribution in [0.5, 0.6) is 0 Å². The van der Waals surface area contributed by atoms with E-state index in [1.165, 1.54) is 6.33 Å². The smallest absolute Gasteiger partial charge is 0.160 e. The molecule has 0 aliphatic carbocycles. The fraction of sp³-hybridized carbons (Fsp3) is 0.500. The molecule has 8 nitrogen and oxygen atoms in total. The first-order chi connectivity index (χ1) is 14.6. The fourth-order valence-electron chi connectivity index (χ4n) is 4.07. The fourth-order valence-corrected chi connectivity index (χ4v) is 4.07. The van der Waals surface area contributed by atoms with Crippen LogP contribution in [-0.2, 0) is 0 Å². The Morgan fingerprint density at radius 1 is 0.967 bits per heavy atom. The van der Waals surface area contributed by atoms with Gasteiger partial charge in [-0.05, 0) is 51.1 Å². The molecular formula is C22H32N8. The maximum Gasteiger partial charge on any atom is 0.160 e. The van der Waals surface area contributed by atoms with Crippen LogP contribution in [0.4, 0.5) is 23.1 Å². The second kappa shape index (κ2) is 9.30. The van der Waals surface area contributed by atoms with Crippen molar-refractivity contribution in [3.05, 3.63) is 43.1 Å². The predicted molar refractivity (Wildman–Crippen MR) is 123 cm³/mol. The number of likely N-dealkylation sites (N-methyl/N-ethyl adjacent to an activating group) is 1. The van der Waals surface area contributed by atoms with Crippen LogP contribution in [0.3, 0.4) is 0 Å². The predicted octanol–water partition coefficient (Wildman–Crippen LogP) is 2.63. The van der Waals surface area contributed by atoms with Gasteiger partial charge >= 0.3 is 0 Å². The Morgan fingerprint density at radius 3 is 2.67 bits per heavy atom.